The van der Waals surface area contributed by atoms with Gasteiger partial charge in [-0.05, 0) is 13.8 Å². The molecule has 1 rings (SSSR count). The number of carbonyl (C=O) groups excluding carboxylic acids is 1. The van der Waals surface area contributed by atoms with Gasteiger partial charge in [0, 0.05) is 12.3 Å². The Labute approximate surface area is 104 Å². The first-order valence-corrected chi connectivity index (χ1v) is 5.38. The Morgan fingerprint density at radius 1 is 1.50 bits per heavy atom. The first kappa shape index (κ1) is 13.9. The number of aromatic nitrogens is 1. The first-order chi connectivity index (χ1) is 8.56. The Kier molecular flexibility index (Phi) is 4.63. The van der Waals surface area contributed by atoms with E-state index in [1.54, 1.807) is 19.9 Å². The Morgan fingerprint density at radius 3 is 2.67 bits per heavy atom. The normalized spacial score (nSPS) is 9.89. The standard InChI is InChI=1S/C12H14N2O4/c1-4-18-6-9(15)10-7(2)14-12(16)8(5-13)11(10)17-3/h4,6H2,1-3H3,(H,14,16). The third-order valence-corrected chi connectivity index (χ3v) is 2.39. The Hall–Kier alpha value is -2.13. The quantitative estimate of drug-likeness (QED) is 0.780. The van der Waals surface area contributed by atoms with Crippen LogP contribution in [-0.2, 0) is 4.74 Å². The molecule has 0 radical (unpaired) electrons. The number of Topliss-reactive ketones (excluding diaryl/α,β-unsaturated/α-hetero) is 1. The van der Waals surface area contributed by atoms with E-state index in [9.17, 15) is 9.59 Å². The minimum Gasteiger partial charge on any atom is -0.494 e. The lowest BCUT2D eigenvalue weighted by molar-refractivity contribution is 0.0779. The van der Waals surface area contributed by atoms with Crippen molar-refractivity contribution < 1.29 is 14.3 Å². The smallest absolute Gasteiger partial charge is 0.269 e. The summed E-state index contributed by atoms with van der Waals surface area (Å²) in [6, 6.07) is 1.73. The zero-order valence-corrected chi connectivity index (χ0v) is 10.5. The van der Waals surface area contributed by atoms with E-state index in [4.69, 9.17) is 14.7 Å². The van der Waals surface area contributed by atoms with Crippen molar-refractivity contribution in [1.82, 2.24) is 4.98 Å². The summed E-state index contributed by atoms with van der Waals surface area (Å²) in [4.78, 5) is 25.9. The molecule has 0 atom stereocenters. The summed E-state index contributed by atoms with van der Waals surface area (Å²) in [5.41, 5.74) is -0.231. The van der Waals surface area contributed by atoms with E-state index in [2.05, 4.69) is 4.98 Å². The van der Waals surface area contributed by atoms with Crippen LogP contribution in [0.4, 0.5) is 0 Å². The number of hydrogen-bond donors (Lipinski definition) is 1. The zero-order valence-electron chi connectivity index (χ0n) is 10.5. The summed E-state index contributed by atoms with van der Waals surface area (Å²) in [5.74, 6) is -0.331. The molecular weight excluding hydrogens is 236 g/mol. The molecule has 0 aromatic carbocycles. The van der Waals surface area contributed by atoms with Crippen molar-refractivity contribution in [1.29, 1.82) is 5.26 Å². The molecule has 18 heavy (non-hydrogen) atoms. The molecule has 1 aromatic rings. The van der Waals surface area contributed by atoms with E-state index in [1.165, 1.54) is 7.11 Å². The number of nitrogens with one attached hydrogen (secondary N) is 1. The van der Waals surface area contributed by atoms with Gasteiger partial charge < -0.3 is 14.5 Å². The molecule has 0 saturated carbocycles. The fourth-order valence-corrected chi connectivity index (χ4v) is 1.60. The maximum atomic E-state index is 11.9. The van der Waals surface area contributed by atoms with Crippen LogP contribution >= 0.6 is 0 Å². The number of H-pyrrole nitrogens is 1. The van der Waals surface area contributed by atoms with Gasteiger partial charge in [-0.25, -0.2) is 0 Å². The second-order valence-corrected chi connectivity index (χ2v) is 3.53. The van der Waals surface area contributed by atoms with Gasteiger partial charge in [0.05, 0.1) is 12.7 Å². The lowest BCUT2D eigenvalue weighted by Crippen LogP contribution is -2.20. The zero-order chi connectivity index (χ0) is 13.7. The van der Waals surface area contributed by atoms with Gasteiger partial charge in [-0.3, -0.25) is 9.59 Å². The number of methoxy groups -OCH3 is 1. The van der Waals surface area contributed by atoms with E-state index in [0.29, 0.717) is 12.3 Å². The highest BCUT2D eigenvalue weighted by Crippen LogP contribution is 2.23. The number of ether oxygens (including phenoxy) is 2. The minimum atomic E-state index is -0.570. The summed E-state index contributed by atoms with van der Waals surface area (Å²) in [6.45, 7) is 3.63. The highest BCUT2D eigenvalue weighted by atomic mass is 16.5. The average molecular weight is 250 g/mol. The number of rotatable bonds is 5. The fourth-order valence-electron chi connectivity index (χ4n) is 1.60. The van der Waals surface area contributed by atoms with Crippen LogP contribution in [0.1, 0.15) is 28.5 Å². The van der Waals surface area contributed by atoms with Crippen LogP contribution in [0, 0.1) is 18.3 Å². The Balaban J connectivity index is 3.39. The summed E-state index contributed by atoms with van der Waals surface area (Å²) in [6.07, 6.45) is 0. The molecule has 0 saturated heterocycles. The van der Waals surface area contributed by atoms with Crippen molar-refractivity contribution in [2.45, 2.75) is 13.8 Å². The molecule has 0 amide bonds. The van der Waals surface area contributed by atoms with Gasteiger partial charge in [-0.1, -0.05) is 0 Å². The topological polar surface area (TPSA) is 92.2 Å². The molecule has 1 N–H and O–H groups in total. The maximum absolute atomic E-state index is 11.9. The van der Waals surface area contributed by atoms with Crippen molar-refractivity contribution in [3.8, 4) is 11.8 Å². The molecule has 0 aliphatic heterocycles. The summed E-state index contributed by atoms with van der Waals surface area (Å²) < 4.78 is 10.0. The molecule has 0 aliphatic rings. The fraction of sp³-hybridized carbons (Fsp3) is 0.417. The number of aryl methyl sites for hydroxylation is 1. The number of nitriles is 1. The molecule has 0 fully saturated rings. The average Bonchev–Trinajstić information content (AvgIpc) is 2.34. The summed E-state index contributed by atoms with van der Waals surface area (Å²) in [5, 5.41) is 8.91. The number of nitrogens with zero attached hydrogens (tertiary/aromatic N) is 1. The number of carbonyl (C=O) groups is 1. The molecule has 96 valence electrons. The number of aromatic amines is 1. The predicted molar refractivity (Wildman–Crippen MR) is 63.9 cm³/mol. The van der Waals surface area contributed by atoms with Crippen molar-refractivity contribution >= 4 is 5.78 Å². The number of ketones is 1. The highest BCUT2D eigenvalue weighted by Gasteiger charge is 2.21. The van der Waals surface area contributed by atoms with E-state index >= 15 is 0 Å². The van der Waals surface area contributed by atoms with Crippen LogP contribution in [0.2, 0.25) is 0 Å². The third kappa shape index (κ3) is 2.57. The molecule has 6 nitrogen and oxygen atoms in total. The van der Waals surface area contributed by atoms with Gasteiger partial charge in [0.2, 0.25) is 0 Å². The Morgan fingerprint density at radius 2 is 2.17 bits per heavy atom. The van der Waals surface area contributed by atoms with Gasteiger partial charge >= 0.3 is 0 Å². The molecule has 1 heterocycles. The maximum Gasteiger partial charge on any atom is 0.269 e. The highest BCUT2D eigenvalue weighted by molar-refractivity contribution is 6.01. The van der Waals surface area contributed by atoms with E-state index in [0.717, 1.165) is 0 Å². The SMILES string of the molecule is CCOCC(=O)c1c(C)[nH]c(=O)c(C#N)c1OC. The minimum absolute atomic E-state index is 0.00320. The molecular formula is C12H14N2O4. The van der Waals surface area contributed by atoms with Crippen molar-refractivity contribution in [3.05, 3.63) is 27.2 Å². The molecule has 6 heteroatoms. The number of pyridine rings is 1. The van der Waals surface area contributed by atoms with E-state index < -0.39 is 5.56 Å². The van der Waals surface area contributed by atoms with Crippen molar-refractivity contribution in [3.63, 3.8) is 0 Å². The van der Waals surface area contributed by atoms with E-state index in [-0.39, 0.29) is 29.3 Å². The lowest BCUT2D eigenvalue weighted by Gasteiger charge is -2.11. The molecule has 0 unspecified atom stereocenters. The predicted octanol–water partition coefficient (Wildman–Crippen LogP) is 0.783. The van der Waals surface area contributed by atoms with Crippen LogP contribution < -0.4 is 10.3 Å². The third-order valence-electron chi connectivity index (χ3n) is 2.39. The van der Waals surface area contributed by atoms with Gasteiger partial charge in [0.15, 0.2) is 17.1 Å². The first-order valence-electron chi connectivity index (χ1n) is 5.38. The number of hydrogen-bond acceptors (Lipinski definition) is 5. The molecule has 0 bridgehead atoms. The lowest BCUT2D eigenvalue weighted by atomic mass is 10.1. The largest absolute Gasteiger partial charge is 0.494 e. The van der Waals surface area contributed by atoms with Crippen LogP contribution in [0.3, 0.4) is 0 Å². The van der Waals surface area contributed by atoms with Gasteiger partial charge in [-0.2, -0.15) is 5.26 Å². The summed E-state index contributed by atoms with van der Waals surface area (Å²) in [7, 11) is 1.31. The monoisotopic (exact) mass is 250 g/mol. The Bertz CT molecular complexity index is 554. The van der Waals surface area contributed by atoms with Gasteiger partial charge in [0.1, 0.15) is 12.7 Å². The summed E-state index contributed by atoms with van der Waals surface area (Å²) >= 11 is 0. The molecule has 0 aliphatic carbocycles. The van der Waals surface area contributed by atoms with Crippen molar-refractivity contribution in [2.24, 2.45) is 0 Å². The van der Waals surface area contributed by atoms with E-state index in [1.807, 2.05) is 0 Å². The van der Waals surface area contributed by atoms with Crippen LogP contribution in [0.25, 0.3) is 0 Å². The van der Waals surface area contributed by atoms with Crippen LogP contribution in [0.5, 0.6) is 5.75 Å². The molecule has 1 aromatic heterocycles. The van der Waals surface area contributed by atoms with Crippen molar-refractivity contribution in [2.75, 3.05) is 20.3 Å². The molecule has 0 spiro atoms. The second kappa shape index (κ2) is 5.98. The van der Waals surface area contributed by atoms with Crippen LogP contribution in [-0.4, -0.2) is 31.1 Å². The van der Waals surface area contributed by atoms with Gasteiger partial charge in [0.25, 0.3) is 5.56 Å². The van der Waals surface area contributed by atoms with Crippen LogP contribution in [0.15, 0.2) is 4.79 Å². The second-order valence-electron chi connectivity index (χ2n) is 3.53. The van der Waals surface area contributed by atoms with Gasteiger partial charge in [-0.15, -0.1) is 0 Å².